The number of rotatable bonds is 0. The molecular weight excluding hydrogens is 248 g/mol. The summed E-state index contributed by atoms with van der Waals surface area (Å²) in [6.07, 6.45) is 11.0. The Balaban J connectivity index is 1.66. The van der Waals surface area contributed by atoms with Gasteiger partial charge in [0, 0.05) is 12.3 Å². The summed E-state index contributed by atoms with van der Waals surface area (Å²) in [6, 6.07) is 0. The number of hydrogen-bond acceptors (Lipinski definition) is 2. The molecule has 3 fully saturated rings. The molecule has 110 valence electrons. The maximum Gasteiger partial charge on any atom is 0.158 e. The Morgan fingerprint density at radius 3 is 2.90 bits per heavy atom. The standard InChI is InChI=1S/C18H26O2/c1-18-7-2-3-15(18)13-5-4-11-9-12(19)10-16(20)17(11)14(13)6-8-18/h9,13-17,20H,2-8,10H2,1H3/t13-,14+,15+,16?,17+,18+/m1/s1. The molecular formula is C18H26O2. The fourth-order valence-electron chi connectivity index (χ4n) is 6.25. The predicted molar refractivity (Wildman–Crippen MR) is 78.1 cm³/mol. The van der Waals surface area contributed by atoms with Gasteiger partial charge in [0.1, 0.15) is 0 Å². The number of carbonyl (C=O) groups excluding carboxylic acids is 1. The number of aliphatic hydroxyl groups is 1. The summed E-state index contributed by atoms with van der Waals surface area (Å²) in [7, 11) is 0. The second-order valence-corrected chi connectivity index (χ2v) is 8.04. The van der Waals surface area contributed by atoms with Crippen molar-refractivity contribution in [2.24, 2.45) is 29.1 Å². The fourth-order valence-corrected chi connectivity index (χ4v) is 6.25. The molecule has 2 nitrogen and oxygen atoms in total. The van der Waals surface area contributed by atoms with Crippen LogP contribution in [0.3, 0.4) is 0 Å². The normalized spacial score (nSPS) is 51.0. The molecule has 3 saturated carbocycles. The van der Waals surface area contributed by atoms with E-state index >= 15 is 0 Å². The highest BCUT2D eigenvalue weighted by Gasteiger charge is 2.53. The summed E-state index contributed by atoms with van der Waals surface area (Å²) < 4.78 is 0. The summed E-state index contributed by atoms with van der Waals surface area (Å²) >= 11 is 0. The van der Waals surface area contributed by atoms with Crippen LogP contribution in [0.4, 0.5) is 0 Å². The minimum atomic E-state index is -0.402. The molecule has 1 N–H and O–H groups in total. The highest BCUT2D eigenvalue weighted by atomic mass is 16.3. The lowest BCUT2D eigenvalue weighted by Gasteiger charge is -2.53. The zero-order valence-electron chi connectivity index (χ0n) is 12.5. The van der Waals surface area contributed by atoms with E-state index in [1.165, 1.54) is 44.1 Å². The smallest absolute Gasteiger partial charge is 0.158 e. The SMILES string of the molecule is C[C@@]12CCC[C@H]1[C@@H]1CCC3=CC(=O)CC(O)[C@@H]3[C@H]1CC2. The zero-order valence-corrected chi connectivity index (χ0v) is 12.5. The van der Waals surface area contributed by atoms with Crippen LogP contribution >= 0.6 is 0 Å². The van der Waals surface area contributed by atoms with Crippen LogP contribution in [0.1, 0.15) is 58.3 Å². The van der Waals surface area contributed by atoms with Gasteiger partial charge >= 0.3 is 0 Å². The maximum atomic E-state index is 11.7. The highest BCUT2D eigenvalue weighted by Crippen LogP contribution is 2.61. The summed E-state index contributed by atoms with van der Waals surface area (Å²) in [4.78, 5) is 11.7. The number of carbonyl (C=O) groups is 1. The van der Waals surface area contributed by atoms with Crippen molar-refractivity contribution in [1.82, 2.24) is 0 Å². The molecule has 0 saturated heterocycles. The lowest BCUT2D eigenvalue weighted by atomic mass is 9.52. The molecule has 0 bridgehead atoms. The van der Waals surface area contributed by atoms with Crippen molar-refractivity contribution in [2.45, 2.75) is 64.4 Å². The molecule has 2 heteroatoms. The van der Waals surface area contributed by atoms with E-state index in [9.17, 15) is 9.90 Å². The third kappa shape index (κ3) is 1.76. The van der Waals surface area contributed by atoms with Crippen molar-refractivity contribution in [1.29, 1.82) is 0 Å². The molecule has 0 aromatic carbocycles. The number of hydrogen-bond donors (Lipinski definition) is 1. The van der Waals surface area contributed by atoms with Crippen molar-refractivity contribution >= 4 is 5.78 Å². The number of ketones is 1. The Bertz CT molecular complexity index is 466. The van der Waals surface area contributed by atoms with Crippen LogP contribution in [0, 0.1) is 29.1 Å². The van der Waals surface area contributed by atoms with Crippen LogP contribution in [0.15, 0.2) is 11.6 Å². The van der Waals surface area contributed by atoms with E-state index < -0.39 is 6.10 Å². The van der Waals surface area contributed by atoms with Gasteiger partial charge in [-0.05, 0) is 67.8 Å². The van der Waals surface area contributed by atoms with Crippen LogP contribution in [-0.4, -0.2) is 17.0 Å². The monoisotopic (exact) mass is 274 g/mol. The van der Waals surface area contributed by atoms with Crippen molar-refractivity contribution < 1.29 is 9.90 Å². The molecule has 0 spiro atoms. The molecule has 0 radical (unpaired) electrons. The fraction of sp³-hybridized carbons (Fsp3) is 0.833. The minimum Gasteiger partial charge on any atom is -0.392 e. The quantitative estimate of drug-likeness (QED) is 0.734. The Kier molecular flexibility index (Phi) is 2.89. The van der Waals surface area contributed by atoms with Gasteiger partial charge in [-0.3, -0.25) is 4.79 Å². The second-order valence-electron chi connectivity index (χ2n) is 8.04. The molecule has 0 amide bonds. The van der Waals surface area contributed by atoms with Crippen LogP contribution in [-0.2, 0) is 4.79 Å². The van der Waals surface area contributed by atoms with Gasteiger partial charge in [0.2, 0.25) is 0 Å². The van der Waals surface area contributed by atoms with E-state index in [4.69, 9.17) is 0 Å². The largest absolute Gasteiger partial charge is 0.392 e. The molecule has 20 heavy (non-hydrogen) atoms. The Labute approximate surface area is 121 Å². The molecule has 4 aliphatic carbocycles. The van der Waals surface area contributed by atoms with Crippen molar-refractivity contribution in [3.05, 3.63) is 11.6 Å². The first-order chi connectivity index (χ1) is 9.58. The van der Waals surface area contributed by atoms with Crippen LogP contribution in [0.2, 0.25) is 0 Å². The predicted octanol–water partition coefficient (Wildman–Crippen LogP) is 3.49. The van der Waals surface area contributed by atoms with Gasteiger partial charge in [0.25, 0.3) is 0 Å². The Morgan fingerprint density at radius 2 is 2.05 bits per heavy atom. The molecule has 0 aromatic heterocycles. The van der Waals surface area contributed by atoms with E-state index in [0.29, 0.717) is 23.7 Å². The summed E-state index contributed by atoms with van der Waals surface area (Å²) in [5.74, 6) is 2.78. The van der Waals surface area contributed by atoms with Gasteiger partial charge in [-0.2, -0.15) is 0 Å². The molecule has 0 aromatic rings. The van der Waals surface area contributed by atoms with Crippen molar-refractivity contribution in [2.75, 3.05) is 0 Å². The topological polar surface area (TPSA) is 37.3 Å². The van der Waals surface area contributed by atoms with E-state index in [1.54, 1.807) is 0 Å². The van der Waals surface area contributed by atoms with Gasteiger partial charge in [0.05, 0.1) is 6.10 Å². The third-order valence-corrected chi connectivity index (χ3v) is 7.10. The molecule has 1 unspecified atom stereocenters. The highest BCUT2D eigenvalue weighted by molar-refractivity contribution is 5.92. The first-order valence-electron chi connectivity index (χ1n) is 8.50. The van der Waals surface area contributed by atoms with Crippen molar-refractivity contribution in [3.63, 3.8) is 0 Å². The van der Waals surface area contributed by atoms with E-state index in [2.05, 4.69) is 6.92 Å². The first kappa shape index (κ1) is 13.1. The third-order valence-electron chi connectivity index (χ3n) is 7.10. The molecule has 6 atom stereocenters. The lowest BCUT2D eigenvalue weighted by Crippen LogP contribution is -2.48. The van der Waals surface area contributed by atoms with E-state index in [-0.39, 0.29) is 5.78 Å². The van der Waals surface area contributed by atoms with Gasteiger partial charge in [0.15, 0.2) is 5.78 Å². The van der Waals surface area contributed by atoms with Gasteiger partial charge in [-0.1, -0.05) is 18.9 Å². The molecule has 4 rings (SSSR count). The van der Waals surface area contributed by atoms with Gasteiger partial charge in [-0.25, -0.2) is 0 Å². The van der Waals surface area contributed by atoms with E-state index in [0.717, 1.165) is 18.3 Å². The average Bonchev–Trinajstić information content (AvgIpc) is 2.79. The number of fused-ring (bicyclic) bond motifs is 5. The second kappa shape index (κ2) is 4.43. The first-order valence-corrected chi connectivity index (χ1v) is 8.50. The summed E-state index contributed by atoms with van der Waals surface area (Å²) in [6.45, 7) is 2.51. The van der Waals surface area contributed by atoms with Crippen LogP contribution < -0.4 is 0 Å². The molecule has 0 heterocycles. The van der Waals surface area contributed by atoms with Gasteiger partial charge < -0.3 is 5.11 Å². The zero-order chi connectivity index (χ0) is 13.9. The summed E-state index contributed by atoms with van der Waals surface area (Å²) in [5.41, 5.74) is 1.86. The number of aliphatic hydroxyl groups excluding tert-OH is 1. The minimum absolute atomic E-state index is 0.142. The van der Waals surface area contributed by atoms with E-state index in [1.807, 2.05) is 6.08 Å². The lowest BCUT2D eigenvalue weighted by molar-refractivity contribution is -0.120. The average molecular weight is 274 g/mol. The van der Waals surface area contributed by atoms with Gasteiger partial charge in [-0.15, -0.1) is 0 Å². The summed E-state index contributed by atoms with van der Waals surface area (Å²) in [5, 5.41) is 10.5. The van der Waals surface area contributed by atoms with Crippen LogP contribution in [0.25, 0.3) is 0 Å². The maximum absolute atomic E-state index is 11.7. The molecule has 0 aliphatic heterocycles. The van der Waals surface area contributed by atoms with Crippen LogP contribution in [0.5, 0.6) is 0 Å². The van der Waals surface area contributed by atoms with Crippen molar-refractivity contribution in [3.8, 4) is 0 Å². The Morgan fingerprint density at radius 1 is 1.20 bits per heavy atom. The molecule has 4 aliphatic rings. The Hall–Kier alpha value is -0.630.